The summed E-state index contributed by atoms with van der Waals surface area (Å²) in [5, 5.41) is 18.1. The van der Waals surface area contributed by atoms with Crippen LogP contribution < -0.4 is 0 Å². The van der Waals surface area contributed by atoms with Crippen LogP contribution in [-0.2, 0) is 18.5 Å². The number of hydrogen-bond donors (Lipinski definition) is 0. The standard InChI is InChI=1S/C41H25F6N3.C41H25F3N4/c1-23-11-8-19-33-37(23)25-13-4-6-17-31(25)49(33)35-21-27(39-28(40(42,43)44)15-10-16-30(39)48-3)29(41(45,46)47)22-36(35)50-32-18-7-5-14-26(32)38-24(2)12-9-20-34(38)50;1-24-11-8-19-34-38(24)27-13-4-6-17-32(27)47(34)36-21-26(23-45)29(40-30(41(42,43)44)15-10-16-31(40)46-3)22-37(36)48-33-18-7-5-14-28(33)39-25(2)12-9-20-35(39)48/h4-22H,1-2H3;4-22H,1-2H3. The predicted molar refractivity (Wildman–Crippen MR) is 372 cm³/mol. The van der Waals surface area contributed by atoms with Crippen LogP contribution >= 0.6 is 0 Å². The maximum absolute atomic E-state index is 15.4. The van der Waals surface area contributed by atoms with Gasteiger partial charge in [0.2, 0.25) is 0 Å². The van der Waals surface area contributed by atoms with Crippen LogP contribution in [0, 0.1) is 52.2 Å². The maximum atomic E-state index is 15.4. The lowest BCUT2D eigenvalue weighted by Gasteiger charge is -2.24. The van der Waals surface area contributed by atoms with E-state index in [0.29, 0.717) is 33.4 Å². The van der Waals surface area contributed by atoms with Gasteiger partial charge in [-0.1, -0.05) is 158 Å². The Morgan fingerprint density at radius 3 is 0.908 bits per heavy atom. The molecule has 0 unspecified atom stereocenters. The Morgan fingerprint density at radius 1 is 0.316 bits per heavy atom. The summed E-state index contributed by atoms with van der Waals surface area (Å²) in [4.78, 5) is 6.78. The van der Waals surface area contributed by atoms with Gasteiger partial charge in [-0.2, -0.15) is 44.8 Å². The van der Waals surface area contributed by atoms with Crippen LogP contribution in [0.25, 0.3) is 142 Å². The molecule has 7 nitrogen and oxygen atoms in total. The van der Waals surface area contributed by atoms with Crippen molar-refractivity contribution in [2.24, 2.45) is 0 Å². The Labute approximate surface area is 554 Å². The smallest absolute Gasteiger partial charge is 0.307 e. The lowest BCUT2D eigenvalue weighted by Crippen LogP contribution is -2.14. The number of nitriles is 1. The lowest BCUT2D eigenvalue weighted by molar-refractivity contribution is -0.139. The first-order valence-electron chi connectivity index (χ1n) is 31.1. The van der Waals surface area contributed by atoms with Gasteiger partial charge < -0.3 is 18.3 Å². The Morgan fingerprint density at radius 2 is 0.592 bits per heavy atom. The minimum absolute atomic E-state index is 0.0332. The molecule has 4 heterocycles. The monoisotopic (exact) mass is 1300 g/mol. The Bertz CT molecular complexity index is 6190. The lowest BCUT2D eigenvalue weighted by atomic mass is 9.91. The third-order valence-corrected chi connectivity index (χ3v) is 18.7. The third kappa shape index (κ3) is 9.63. The highest BCUT2D eigenvalue weighted by atomic mass is 19.4. The highest BCUT2D eigenvalue weighted by Crippen LogP contribution is 2.52. The molecule has 0 N–H and O–H groups in total. The van der Waals surface area contributed by atoms with Crippen LogP contribution in [0.2, 0.25) is 0 Å². The summed E-state index contributed by atoms with van der Waals surface area (Å²) in [7, 11) is 0. The summed E-state index contributed by atoms with van der Waals surface area (Å²) in [5.41, 5.74) is 5.64. The van der Waals surface area contributed by atoms with Gasteiger partial charge in [0.15, 0.2) is 11.4 Å². The van der Waals surface area contributed by atoms with Crippen molar-refractivity contribution in [3.63, 3.8) is 0 Å². The van der Waals surface area contributed by atoms with Gasteiger partial charge in [-0.15, -0.1) is 0 Å². The quantitative estimate of drug-likeness (QED) is 0.121. The molecule has 0 spiro atoms. The van der Waals surface area contributed by atoms with Crippen molar-refractivity contribution >= 4 is 98.6 Å². The molecule has 0 atom stereocenters. The summed E-state index contributed by atoms with van der Waals surface area (Å²) < 4.78 is 142. The normalized spacial score (nSPS) is 12.1. The third-order valence-electron chi connectivity index (χ3n) is 18.7. The summed E-state index contributed by atoms with van der Waals surface area (Å²) in [5.74, 6) is 0. The second kappa shape index (κ2) is 23.0. The molecule has 0 saturated heterocycles. The number of alkyl halides is 9. The van der Waals surface area contributed by atoms with E-state index in [1.165, 1.54) is 18.2 Å². The average molecular weight is 1300 g/mol. The molecule has 12 aromatic carbocycles. The predicted octanol–water partition coefficient (Wildman–Crippen LogP) is 24.4. The number of halogens is 9. The zero-order chi connectivity index (χ0) is 68.4. The number of nitrogens with zero attached hydrogens (tertiary/aromatic N) is 7. The molecule has 0 radical (unpaired) electrons. The van der Waals surface area contributed by atoms with E-state index >= 15 is 13.2 Å². The Balaban J connectivity index is 0.000000160. The van der Waals surface area contributed by atoms with Crippen molar-refractivity contribution in [2.75, 3.05) is 0 Å². The van der Waals surface area contributed by atoms with E-state index in [2.05, 4.69) is 43.9 Å². The zero-order valence-electron chi connectivity index (χ0n) is 52.5. The van der Waals surface area contributed by atoms with Crippen molar-refractivity contribution in [1.29, 1.82) is 5.26 Å². The number of benzene rings is 12. The van der Waals surface area contributed by atoms with Crippen LogP contribution in [0.1, 0.15) is 44.5 Å². The molecule has 0 aliphatic heterocycles. The van der Waals surface area contributed by atoms with E-state index in [0.717, 1.165) is 118 Å². The fourth-order valence-electron chi connectivity index (χ4n) is 14.7. The molecule has 0 amide bonds. The molecule has 0 aliphatic carbocycles. The topological polar surface area (TPSA) is 52.2 Å². The summed E-state index contributed by atoms with van der Waals surface area (Å²) in [6.45, 7) is 23.5. The minimum Gasteiger partial charge on any atom is -0.307 e. The van der Waals surface area contributed by atoms with Gasteiger partial charge in [0, 0.05) is 54.2 Å². The molecule has 0 aliphatic rings. The van der Waals surface area contributed by atoms with Crippen LogP contribution in [0.4, 0.5) is 50.9 Å². The van der Waals surface area contributed by atoms with E-state index < -0.39 is 52.0 Å². The number of para-hydroxylation sites is 4. The van der Waals surface area contributed by atoms with Crippen molar-refractivity contribution in [3.8, 4) is 51.1 Å². The van der Waals surface area contributed by atoms with E-state index in [-0.39, 0.29) is 33.8 Å². The van der Waals surface area contributed by atoms with Crippen molar-refractivity contribution in [2.45, 2.75) is 46.2 Å². The van der Waals surface area contributed by atoms with Gasteiger partial charge in [-0.05, 0) is 134 Å². The number of hydrogen-bond acceptors (Lipinski definition) is 1. The summed E-state index contributed by atoms with van der Waals surface area (Å²) >= 11 is 0. The van der Waals surface area contributed by atoms with E-state index in [1.807, 2.05) is 177 Å². The van der Waals surface area contributed by atoms with Gasteiger partial charge in [0.25, 0.3) is 0 Å². The van der Waals surface area contributed by atoms with Crippen molar-refractivity contribution in [1.82, 2.24) is 18.3 Å². The largest absolute Gasteiger partial charge is 0.417 e. The fraction of sp³-hybridized carbons (Fsp3) is 0.0854. The first-order chi connectivity index (χ1) is 47.1. The van der Waals surface area contributed by atoms with E-state index in [1.54, 1.807) is 22.8 Å². The number of aryl methyl sites for hydroxylation is 4. The molecular formula is C82H50F9N7. The van der Waals surface area contributed by atoms with Gasteiger partial charge in [-0.25, -0.2) is 9.69 Å². The van der Waals surface area contributed by atoms with Crippen LogP contribution in [0.15, 0.2) is 231 Å². The first-order valence-corrected chi connectivity index (χ1v) is 31.1. The van der Waals surface area contributed by atoms with Gasteiger partial charge in [-0.3, -0.25) is 0 Å². The van der Waals surface area contributed by atoms with Gasteiger partial charge in [0.05, 0.1) is 108 Å². The molecule has 16 heteroatoms. The SMILES string of the molecule is [C-]#[N+]c1cccc(C(F)(F)F)c1-c1cc(-n2c3ccccc3c3c(C)cccc32)c(-n2c3ccccc3c3c(C)cccc32)cc1C#N.[C-]#[N+]c1cccc(C(F)(F)F)c1-c1cc(-n2c3ccccc3c3c(C)cccc32)c(-n2c3ccccc3c3c(C)cccc32)cc1C(F)(F)F. The second-order valence-corrected chi connectivity index (χ2v) is 24.3. The summed E-state index contributed by atoms with van der Waals surface area (Å²) in [6, 6.07) is 68.3. The highest BCUT2D eigenvalue weighted by molar-refractivity contribution is 6.15. The second-order valence-electron chi connectivity index (χ2n) is 24.3. The Hall–Kier alpha value is -12.3. The van der Waals surface area contributed by atoms with Crippen LogP contribution in [-0.4, -0.2) is 18.3 Å². The summed E-state index contributed by atoms with van der Waals surface area (Å²) in [6.07, 6.45) is -14.9. The molecule has 476 valence electrons. The van der Waals surface area contributed by atoms with Gasteiger partial charge in [0.1, 0.15) is 0 Å². The molecule has 0 bridgehead atoms. The molecule has 16 aromatic rings. The highest BCUT2D eigenvalue weighted by Gasteiger charge is 2.41. The average Bonchev–Trinajstić information content (AvgIpc) is 1.52. The van der Waals surface area contributed by atoms with Crippen LogP contribution in [0.5, 0.6) is 0 Å². The Kier molecular flexibility index (Phi) is 14.5. The fourth-order valence-corrected chi connectivity index (χ4v) is 14.7. The molecule has 0 saturated carbocycles. The van der Waals surface area contributed by atoms with E-state index in [4.69, 9.17) is 13.1 Å². The maximum Gasteiger partial charge on any atom is 0.417 e. The zero-order valence-corrected chi connectivity index (χ0v) is 52.5. The number of rotatable bonds is 6. The minimum atomic E-state index is -5.09. The number of fused-ring (bicyclic) bond motifs is 12. The molecular weight excluding hydrogens is 1250 g/mol. The van der Waals surface area contributed by atoms with Crippen LogP contribution in [0.3, 0.4) is 0 Å². The molecule has 98 heavy (non-hydrogen) atoms. The van der Waals surface area contributed by atoms with Gasteiger partial charge >= 0.3 is 18.5 Å². The molecule has 16 rings (SSSR count). The first kappa shape index (κ1) is 61.8. The molecule has 0 fully saturated rings. The van der Waals surface area contributed by atoms with Crippen molar-refractivity contribution < 1.29 is 39.5 Å². The number of aromatic nitrogens is 4. The van der Waals surface area contributed by atoms with E-state index in [9.17, 15) is 31.6 Å². The molecule has 4 aromatic heterocycles. The van der Waals surface area contributed by atoms with Crippen molar-refractivity contribution in [3.05, 3.63) is 298 Å².